The van der Waals surface area contributed by atoms with E-state index in [2.05, 4.69) is 44.2 Å². The van der Waals surface area contributed by atoms with Gasteiger partial charge in [-0.1, -0.05) is 13.0 Å². The number of halogens is 1. The molecule has 1 atom stereocenters. The molecule has 5 nitrogen and oxygen atoms in total. The number of guanidine groups is 1. The van der Waals surface area contributed by atoms with Crippen molar-refractivity contribution < 1.29 is 0 Å². The summed E-state index contributed by atoms with van der Waals surface area (Å²) in [6.45, 7) is 6.75. The van der Waals surface area contributed by atoms with Crippen LogP contribution in [-0.2, 0) is 6.42 Å². The fourth-order valence-corrected chi connectivity index (χ4v) is 4.25. The van der Waals surface area contributed by atoms with Crippen LogP contribution in [0.15, 0.2) is 34.1 Å². The first-order valence-corrected chi connectivity index (χ1v) is 9.70. The number of thiophene rings is 1. The van der Waals surface area contributed by atoms with Gasteiger partial charge in [-0.15, -0.1) is 46.7 Å². The number of aliphatic imine (C=N–C) groups is 1. The number of hydrogen-bond donors (Lipinski definition) is 1. The molecule has 0 spiro atoms. The lowest BCUT2D eigenvalue weighted by molar-refractivity contribution is 0.379. The highest BCUT2D eigenvalue weighted by Crippen LogP contribution is 2.19. The minimum Gasteiger partial charge on any atom is -0.370 e. The lowest BCUT2D eigenvalue weighted by Gasteiger charge is -2.35. The SMILES string of the molecule is CC(CN=C(N)N1CCN(c2nccs2)CC1)Cc1cccs1.I. The molecule has 2 aromatic rings. The van der Waals surface area contributed by atoms with E-state index < -0.39 is 0 Å². The number of piperazine rings is 1. The summed E-state index contributed by atoms with van der Waals surface area (Å²) in [6, 6.07) is 4.29. The van der Waals surface area contributed by atoms with Gasteiger partial charge in [0.2, 0.25) is 0 Å². The maximum Gasteiger partial charge on any atom is 0.191 e. The van der Waals surface area contributed by atoms with Crippen LogP contribution in [0.2, 0.25) is 0 Å². The molecule has 1 aliphatic heterocycles. The predicted octanol–water partition coefficient (Wildman–Crippen LogP) is 3.14. The van der Waals surface area contributed by atoms with Crippen LogP contribution in [0.3, 0.4) is 0 Å². The van der Waals surface area contributed by atoms with Crippen LogP contribution < -0.4 is 10.6 Å². The van der Waals surface area contributed by atoms with Gasteiger partial charge in [0.25, 0.3) is 0 Å². The summed E-state index contributed by atoms with van der Waals surface area (Å²) in [5.74, 6) is 1.20. The van der Waals surface area contributed by atoms with E-state index in [9.17, 15) is 0 Å². The van der Waals surface area contributed by atoms with Crippen LogP contribution in [-0.4, -0.2) is 48.6 Å². The van der Waals surface area contributed by atoms with Gasteiger partial charge in [-0.05, 0) is 23.8 Å². The summed E-state index contributed by atoms with van der Waals surface area (Å²) >= 11 is 3.50. The molecule has 0 aliphatic carbocycles. The Morgan fingerprint density at radius 2 is 2.08 bits per heavy atom. The smallest absolute Gasteiger partial charge is 0.191 e. The lowest BCUT2D eigenvalue weighted by Crippen LogP contribution is -2.51. The molecule has 0 saturated carbocycles. The van der Waals surface area contributed by atoms with Crippen molar-refractivity contribution in [3.05, 3.63) is 34.0 Å². The van der Waals surface area contributed by atoms with Crippen molar-refractivity contribution in [2.75, 3.05) is 37.6 Å². The fraction of sp³-hybridized carbons (Fsp3) is 0.500. The van der Waals surface area contributed by atoms with E-state index in [1.807, 2.05) is 22.9 Å². The molecular formula is C16H24IN5S2. The van der Waals surface area contributed by atoms with Crippen molar-refractivity contribution in [3.8, 4) is 0 Å². The van der Waals surface area contributed by atoms with Gasteiger partial charge in [-0.2, -0.15) is 0 Å². The average Bonchev–Trinajstić information content (AvgIpc) is 3.26. The Bertz CT molecular complexity index is 606. The molecule has 0 radical (unpaired) electrons. The van der Waals surface area contributed by atoms with Gasteiger partial charge in [0.05, 0.1) is 0 Å². The largest absolute Gasteiger partial charge is 0.370 e. The standard InChI is InChI=1S/C16H23N5S2.HI/c1-13(11-14-3-2-9-22-14)12-19-15(17)20-5-7-21(8-6-20)16-18-4-10-23-16;/h2-4,9-10,13H,5-8,11-12H2,1H3,(H2,17,19);1H. The number of nitrogens with two attached hydrogens (primary N) is 1. The zero-order chi connectivity index (χ0) is 16.1. The Kier molecular flexibility index (Phi) is 7.76. The number of nitrogens with zero attached hydrogens (tertiary/aromatic N) is 4. The van der Waals surface area contributed by atoms with Gasteiger partial charge in [-0.3, -0.25) is 4.99 Å². The minimum atomic E-state index is 0. The summed E-state index contributed by atoms with van der Waals surface area (Å²) in [4.78, 5) is 14.9. The van der Waals surface area contributed by atoms with Gasteiger partial charge in [0.15, 0.2) is 11.1 Å². The van der Waals surface area contributed by atoms with E-state index in [0.717, 1.165) is 44.3 Å². The van der Waals surface area contributed by atoms with Gasteiger partial charge in [0, 0.05) is 49.2 Å². The monoisotopic (exact) mass is 477 g/mol. The molecule has 3 rings (SSSR count). The molecule has 8 heteroatoms. The zero-order valence-corrected chi connectivity index (χ0v) is 17.8. The second-order valence-corrected chi connectivity index (χ2v) is 7.78. The van der Waals surface area contributed by atoms with Crippen LogP contribution in [0, 0.1) is 5.92 Å². The predicted molar refractivity (Wildman–Crippen MR) is 115 cm³/mol. The maximum atomic E-state index is 6.18. The molecule has 1 fully saturated rings. The summed E-state index contributed by atoms with van der Waals surface area (Å²) in [6.07, 6.45) is 2.93. The van der Waals surface area contributed by atoms with E-state index in [0.29, 0.717) is 11.9 Å². The van der Waals surface area contributed by atoms with Crippen LogP contribution in [0.1, 0.15) is 11.8 Å². The van der Waals surface area contributed by atoms with Crippen LogP contribution in [0.5, 0.6) is 0 Å². The molecule has 1 saturated heterocycles. The molecular weight excluding hydrogens is 453 g/mol. The number of aromatic nitrogens is 1. The van der Waals surface area contributed by atoms with Crippen molar-refractivity contribution in [3.63, 3.8) is 0 Å². The highest BCUT2D eigenvalue weighted by molar-refractivity contribution is 14.0. The second kappa shape index (κ2) is 9.57. The minimum absolute atomic E-state index is 0. The van der Waals surface area contributed by atoms with Crippen LogP contribution >= 0.6 is 46.7 Å². The number of hydrogen-bond acceptors (Lipinski definition) is 5. The maximum absolute atomic E-state index is 6.18. The highest BCUT2D eigenvalue weighted by Gasteiger charge is 2.19. The van der Waals surface area contributed by atoms with Crippen molar-refractivity contribution in [2.45, 2.75) is 13.3 Å². The summed E-state index contributed by atoms with van der Waals surface area (Å²) in [5, 5.41) is 5.25. The van der Waals surface area contributed by atoms with E-state index in [4.69, 9.17) is 5.73 Å². The Hall–Kier alpha value is -0.870. The third kappa shape index (κ3) is 5.32. The van der Waals surface area contributed by atoms with Crippen molar-refractivity contribution in [1.82, 2.24) is 9.88 Å². The molecule has 2 aromatic heterocycles. The first-order valence-electron chi connectivity index (χ1n) is 7.94. The van der Waals surface area contributed by atoms with Gasteiger partial charge >= 0.3 is 0 Å². The third-order valence-corrected chi connectivity index (χ3v) is 5.72. The van der Waals surface area contributed by atoms with Crippen molar-refractivity contribution in [2.24, 2.45) is 16.6 Å². The molecule has 2 N–H and O–H groups in total. The molecule has 0 amide bonds. The van der Waals surface area contributed by atoms with Gasteiger partial charge in [-0.25, -0.2) is 4.98 Å². The highest BCUT2D eigenvalue weighted by atomic mass is 127. The number of anilines is 1. The number of thiazole rings is 1. The summed E-state index contributed by atoms with van der Waals surface area (Å²) in [7, 11) is 0. The van der Waals surface area contributed by atoms with Crippen LogP contribution in [0.4, 0.5) is 5.13 Å². The zero-order valence-electron chi connectivity index (χ0n) is 13.8. The lowest BCUT2D eigenvalue weighted by atomic mass is 10.1. The quantitative estimate of drug-likeness (QED) is 0.409. The Morgan fingerprint density at radius 3 is 2.71 bits per heavy atom. The van der Waals surface area contributed by atoms with Crippen molar-refractivity contribution >= 4 is 57.7 Å². The number of rotatable bonds is 5. The molecule has 1 aliphatic rings. The average molecular weight is 477 g/mol. The van der Waals surface area contributed by atoms with E-state index in [-0.39, 0.29) is 24.0 Å². The van der Waals surface area contributed by atoms with E-state index >= 15 is 0 Å². The van der Waals surface area contributed by atoms with Crippen molar-refractivity contribution in [1.29, 1.82) is 0 Å². The molecule has 1 unspecified atom stereocenters. The Labute approximate surface area is 168 Å². The third-order valence-electron chi connectivity index (χ3n) is 3.99. The topological polar surface area (TPSA) is 57.8 Å². The molecule has 3 heterocycles. The Balaban J connectivity index is 0.00000208. The first kappa shape index (κ1) is 19.5. The molecule has 0 aromatic carbocycles. The summed E-state index contributed by atoms with van der Waals surface area (Å²) < 4.78 is 0. The van der Waals surface area contributed by atoms with E-state index in [1.165, 1.54) is 4.88 Å². The summed E-state index contributed by atoms with van der Waals surface area (Å²) in [5.41, 5.74) is 6.18. The first-order chi connectivity index (χ1) is 11.2. The van der Waals surface area contributed by atoms with Gasteiger partial charge in [0.1, 0.15) is 0 Å². The molecule has 24 heavy (non-hydrogen) atoms. The van der Waals surface area contributed by atoms with E-state index in [1.54, 1.807) is 11.3 Å². The second-order valence-electron chi connectivity index (χ2n) is 5.88. The van der Waals surface area contributed by atoms with Gasteiger partial charge < -0.3 is 15.5 Å². The Morgan fingerprint density at radius 1 is 1.29 bits per heavy atom. The van der Waals surface area contributed by atoms with Crippen LogP contribution in [0.25, 0.3) is 0 Å². The molecule has 0 bridgehead atoms. The fourth-order valence-electron chi connectivity index (χ4n) is 2.69. The molecule has 132 valence electrons. The normalized spacial score (nSPS) is 16.8.